The van der Waals surface area contributed by atoms with Gasteiger partial charge >= 0.3 is 0 Å². The molecular formula is C30H41NO3. The van der Waals surface area contributed by atoms with E-state index in [0.29, 0.717) is 31.2 Å². The Morgan fingerprint density at radius 3 is 2.38 bits per heavy atom. The molecule has 34 heavy (non-hydrogen) atoms. The van der Waals surface area contributed by atoms with Crippen molar-refractivity contribution in [3.05, 3.63) is 70.8 Å². The minimum atomic E-state index is -0.685. The van der Waals surface area contributed by atoms with Gasteiger partial charge in [-0.15, -0.1) is 0 Å². The van der Waals surface area contributed by atoms with Gasteiger partial charge in [0.15, 0.2) is 5.78 Å². The zero-order valence-corrected chi connectivity index (χ0v) is 20.5. The van der Waals surface area contributed by atoms with Crippen LogP contribution in [0.3, 0.4) is 0 Å². The molecule has 4 rings (SSSR count). The summed E-state index contributed by atoms with van der Waals surface area (Å²) in [5, 5.41) is 20.3. The minimum absolute atomic E-state index is 0.00548. The van der Waals surface area contributed by atoms with E-state index in [9.17, 15) is 15.0 Å². The lowest BCUT2D eigenvalue weighted by atomic mass is 9.81. The molecule has 184 valence electrons. The van der Waals surface area contributed by atoms with Crippen LogP contribution >= 0.6 is 0 Å². The number of nitrogens with two attached hydrogens (primary N) is 1. The molecule has 2 aromatic carbocycles. The Kier molecular flexibility index (Phi) is 8.57. The molecule has 0 saturated heterocycles. The Morgan fingerprint density at radius 1 is 0.882 bits per heavy atom. The summed E-state index contributed by atoms with van der Waals surface area (Å²) in [4.78, 5) is 13.5. The summed E-state index contributed by atoms with van der Waals surface area (Å²) in [5.74, 6) is 1.40. The van der Waals surface area contributed by atoms with Gasteiger partial charge in [-0.3, -0.25) is 4.79 Å². The summed E-state index contributed by atoms with van der Waals surface area (Å²) in [7, 11) is 0. The number of Topliss-reactive ketones (excluding diaryl/α,β-unsaturated/α-hetero) is 1. The average molecular weight is 464 g/mol. The molecule has 0 bridgehead atoms. The van der Waals surface area contributed by atoms with E-state index in [1.165, 1.54) is 17.5 Å². The van der Waals surface area contributed by atoms with Crippen LogP contribution in [0.15, 0.2) is 48.5 Å². The molecule has 4 heteroatoms. The molecule has 2 aromatic rings. The first-order chi connectivity index (χ1) is 16.5. The van der Waals surface area contributed by atoms with Crippen LogP contribution in [0, 0.1) is 11.8 Å². The third kappa shape index (κ3) is 5.97. The quantitative estimate of drug-likeness (QED) is 0.379. The van der Waals surface area contributed by atoms with E-state index in [2.05, 4.69) is 37.3 Å². The maximum absolute atomic E-state index is 13.5. The summed E-state index contributed by atoms with van der Waals surface area (Å²) >= 11 is 0. The number of aliphatic hydroxyl groups excluding tert-OH is 2. The third-order valence-corrected chi connectivity index (χ3v) is 8.46. The molecule has 0 radical (unpaired) electrons. The number of rotatable bonds is 6. The number of hydrogen-bond donors (Lipinski definition) is 3. The van der Waals surface area contributed by atoms with Gasteiger partial charge in [-0.2, -0.15) is 0 Å². The van der Waals surface area contributed by atoms with Crippen molar-refractivity contribution in [2.24, 2.45) is 17.6 Å². The standard InChI is InChI=1S/C30H41NO3/c1-20(22-7-3-8-23(15-14-22)24-9-2-6-21(16-24)19-31)30(34)27-12-4-10-25(17-27)26-11-5-13-28(32)29(33)18-26/h2,4,6,9-10,12,16-17,20,22-23,26,28-29,32-33H,3,5,7-8,11,13-15,18-19,31H2,1H3. The molecule has 6 atom stereocenters. The zero-order valence-electron chi connectivity index (χ0n) is 20.5. The summed E-state index contributed by atoms with van der Waals surface area (Å²) < 4.78 is 0. The highest BCUT2D eigenvalue weighted by atomic mass is 16.3. The molecule has 0 aromatic heterocycles. The van der Waals surface area contributed by atoms with Gasteiger partial charge in [-0.05, 0) is 85.5 Å². The second-order valence-electron chi connectivity index (χ2n) is 10.7. The van der Waals surface area contributed by atoms with Crippen LogP contribution in [0.4, 0.5) is 0 Å². The molecule has 0 heterocycles. The van der Waals surface area contributed by atoms with Crippen LogP contribution in [0.5, 0.6) is 0 Å². The predicted molar refractivity (Wildman–Crippen MR) is 137 cm³/mol. The normalized spacial score (nSPS) is 29.1. The van der Waals surface area contributed by atoms with Gasteiger partial charge in [-0.1, -0.05) is 62.2 Å². The first-order valence-corrected chi connectivity index (χ1v) is 13.3. The fraction of sp³-hybridized carbons (Fsp3) is 0.567. The SMILES string of the molecule is CC(C(=O)c1cccc(C2CCCC(O)C(O)C2)c1)C1CCCC(c2cccc(CN)c2)CC1. The van der Waals surface area contributed by atoms with E-state index in [-0.39, 0.29) is 17.6 Å². The van der Waals surface area contributed by atoms with E-state index in [0.717, 1.165) is 49.7 Å². The van der Waals surface area contributed by atoms with Gasteiger partial charge in [0, 0.05) is 18.0 Å². The molecule has 4 nitrogen and oxygen atoms in total. The maximum atomic E-state index is 13.5. The van der Waals surface area contributed by atoms with Gasteiger partial charge in [0.1, 0.15) is 0 Å². The largest absolute Gasteiger partial charge is 0.390 e. The highest BCUT2D eigenvalue weighted by Crippen LogP contribution is 2.38. The van der Waals surface area contributed by atoms with Crippen LogP contribution in [0.2, 0.25) is 0 Å². The lowest BCUT2D eigenvalue weighted by Gasteiger charge is -2.23. The molecule has 2 saturated carbocycles. The minimum Gasteiger partial charge on any atom is -0.390 e. The summed E-state index contributed by atoms with van der Waals surface area (Å²) in [5.41, 5.74) is 10.3. The Hall–Kier alpha value is -2.01. The van der Waals surface area contributed by atoms with Crippen molar-refractivity contribution < 1.29 is 15.0 Å². The molecule has 2 aliphatic carbocycles. The van der Waals surface area contributed by atoms with Crippen molar-refractivity contribution in [3.8, 4) is 0 Å². The highest BCUT2D eigenvalue weighted by molar-refractivity contribution is 5.98. The fourth-order valence-corrected chi connectivity index (χ4v) is 6.20. The molecule has 4 N–H and O–H groups in total. The summed E-state index contributed by atoms with van der Waals surface area (Å²) in [6.07, 6.45) is 7.37. The Morgan fingerprint density at radius 2 is 1.59 bits per heavy atom. The Balaban J connectivity index is 1.41. The highest BCUT2D eigenvalue weighted by Gasteiger charge is 2.30. The van der Waals surface area contributed by atoms with E-state index >= 15 is 0 Å². The first-order valence-electron chi connectivity index (χ1n) is 13.3. The zero-order chi connectivity index (χ0) is 24.1. The predicted octanol–water partition coefficient (Wildman–Crippen LogP) is 5.71. The van der Waals surface area contributed by atoms with Gasteiger partial charge < -0.3 is 15.9 Å². The van der Waals surface area contributed by atoms with Crippen molar-refractivity contribution in [1.82, 2.24) is 0 Å². The van der Waals surface area contributed by atoms with Crippen LogP contribution in [-0.2, 0) is 6.54 Å². The smallest absolute Gasteiger partial charge is 0.165 e. The number of carbonyl (C=O) groups excluding carboxylic acids is 1. The van der Waals surface area contributed by atoms with Gasteiger partial charge in [0.05, 0.1) is 12.2 Å². The van der Waals surface area contributed by atoms with Crippen molar-refractivity contribution >= 4 is 5.78 Å². The molecule has 2 aliphatic rings. The van der Waals surface area contributed by atoms with Crippen molar-refractivity contribution in [3.63, 3.8) is 0 Å². The molecule has 6 unspecified atom stereocenters. The monoisotopic (exact) mass is 463 g/mol. The topological polar surface area (TPSA) is 83.5 Å². The number of carbonyl (C=O) groups is 1. The van der Waals surface area contributed by atoms with Gasteiger partial charge in [-0.25, -0.2) is 0 Å². The van der Waals surface area contributed by atoms with Crippen molar-refractivity contribution in [2.75, 3.05) is 0 Å². The van der Waals surface area contributed by atoms with Gasteiger partial charge in [0.25, 0.3) is 0 Å². The Labute approximate surface area is 204 Å². The van der Waals surface area contributed by atoms with E-state index in [1.54, 1.807) is 0 Å². The number of benzene rings is 2. The second kappa shape index (κ2) is 11.6. The second-order valence-corrected chi connectivity index (χ2v) is 10.7. The Bertz CT molecular complexity index is 958. The fourth-order valence-electron chi connectivity index (χ4n) is 6.20. The van der Waals surface area contributed by atoms with Crippen molar-refractivity contribution in [1.29, 1.82) is 0 Å². The maximum Gasteiger partial charge on any atom is 0.165 e. The molecular weight excluding hydrogens is 422 g/mol. The average Bonchev–Trinajstić information content (AvgIpc) is 3.22. The van der Waals surface area contributed by atoms with Crippen molar-refractivity contribution in [2.45, 2.75) is 95.3 Å². The number of hydrogen-bond acceptors (Lipinski definition) is 4. The summed E-state index contributed by atoms with van der Waals surface area (Å²) in [6.45, 7) is 2.69. The van der Waals surface area contributed by atoms with Crippen LogP contribution < -0.4 is 5.73 Å². The van der Waals surface area contributed by atoms with E-state index in [4.69, 9.17) is 5.73 Å². The number of aliphatic hydroxyl groups is 2. The first kappa shape index (κ1) is 25.1. The molecule has 0 aliphatic heterocycles. The molecule has 0 spiro atoms. The lowest BCUT2D eigenvalue weighted by molar-refractivity contribution is 0.0138. The molecule has 0 amide bonds. The van der Waals surface area contributed by atoms with Crippen LogP contribution in [0.25, 0.3) is 0 Å². The summed E-state index contributed by atoms with van der Waals surface area (Å²) in [6, 6.07) is 16.7. The van der Waals surface area contributed by atoms with E-state index < -0.39 is 12.2 Å². The number of ketones is 1. The van der Waals surface area contributed by atoms with Gasteiger partial charge in [0.2, 0.25) is 0 Å². The van der Waals surface area contributed by atoms with Crippen LogP contribution in [0.1, 0.15) is 104 Å². The lowest BCUT2D eigenvalue weighted by Crippen LogP contribution is -2.25. The van der Waals surface area contributed by atoms with E-state index in [1.807, 2.05) is 18.2 Å². The van der Waals surface area contributed by atoms with Crippen LogP contribution in [-0.4, -0.2) is 28.2 Å². The third-order valence-electron chi connectivity index (χ3n) is 8.46. The molecule has 2 fully saturated rings.